The fourth-order valence-corrected chi connectivity index (χ4v) is 7.06. The zero-order valence-electron chi connectivity index (χ0n) is 21.0. The zero-order valence-corrected chi connectivity index (χ0v) is 24.9. The van der Waals surface area contributed by atoms with Crippen molar-refractivity contribution in [1.82, 2.24) is 14.0 Å². The zero-order chi connectivity index (χ0) is 29.9. The number of nitro groups is 1. The van der Waals surface area contributed by atoms with Crippen LogP contribution in [-0.2, 0) is 33.0 Å². The van der Waals surface area contributed by atoms with Gasteiger partial charge in [0, 0.05) is 39.3 Å². The van der Waals surface area contributed by atoms with E-state index in [1.807, 2.05) is 0 Å². The van der Waals surface area contributed by atoms with Gasteiger partial charge in [0.2, 0.25) is 20.0 Å². The van der Waals surface area contributed by atoms with E-state index in [2.05, 4.69) is 31.6 Å². The van der Waals surface area contributed by atoms with Crippen LogP contribution >= 0.6 is 27.5 Å². The van der Waals surface area contributed by atoms with E-state index < -0.39 is 30.8 Å². The van der Waals surface area contributed by atoms with E-state index in [9.17, 15) is 31.3 Å². The number of hydrogen-bond donors (Lipinski definition) is 2. The number of nitrogens with one attached hydrogen (secondary N) is 2. The highest BCUT2D eigenvalue weighted by Gasteiger charge is 2.27. The molecule has 41 heavy (non-hydrogen) atoms. The summed E-state index contributed by atoms with van der Waals surface area (Å²) in [7, 11) is -8.13. The maximum atomic E-state index is 14.9. The van der Waals surface area contributed by atoms with Crippen LogP contribution < -0.4 is 4.72 Å². The van der Waals surface area contributed by atoms with Crippen LogP contribution in [0.15, 0.2) is 74.9 Å². The molecule has 4 rings (SSSR count). The monoisotopic (exact) mass is 682 g/mol. The van der Waals surface area contributed by atoms with Crippen LogP contribution in [0.1, 0.15) is 11.3 Å². The van der Waals surface area contributed by atoms with Crippen molar-refractivity contribution >= 4 is 64.2 Å². The third-order valence-corrected chi connectivity index (χ3v) is 10.1. The molecule has 0 unspecified atom stereocenters. The molecule has 3 aromatic carbocycles. The lowest BCUT2D eigenvalue weighted by Gasteiger charge is -2.20. The van der Waals surface area contributed by atoms with Gasteiger partial charge in [-0.3, -0.25) is 10.1 Å². The Kier molecular flexibility index (Phi) is 9.17. The van der Waals surface area contributed by atoms with Gasteiger partial charge in [-0.05, 0) is 60.5 Å². The maximum Gasteiger partial charge on any atom is 0.269 e. The number of hydrogen-bond acceptors (Lipinski definition) is 6. The summed E-state index contributed by atoms with van der Waals surface area (Å²) in [6, 6.07) is 12.8. The number of rotatable bonds is 11. The first-order valence-corrected chi connectivity index (χ1v) is 15.8. The van der Waals surface area contributed by atoms with E-state index in [4.69, 9.17) is 18.0 Å². The van der Waals surface area contributed by atoms with Crippen molar-refractivity contribution < 1.29 is 26.1 Å². The predicted molar refractivity (Wildman–Crippen MR) is 156 cm³/mol. The molecule has 214 valence electrons. The van der Waals surface area contributed by atoms with Crippen molar-refractivity contribution in [3.8, 4) is 12.3 Å². The van der Waals surface area contributed by atoms with Gasteiger partial charge in [0.05, 0.1) is 33.3 Å². The van der Waals surface area contributed by atoms with Crippen molar-refractivity contribution in [2.45, 2.75) is 22.8 Å². The number of aromatic nitrogens is 1. The minimum atomic E-state index is -4.24. The van der Waals surface area contributed by atoms with Gasteiger partial charge in [-0.15, -0.1) is 6.42 Å². The Labute approximate surface area is 248 Å². The molecule has 0 bridgehead atoms. The topological polar surface area (TPSA) is 142 Å². The molecule has 1 aromatic heterocycles. The highest BCUT2D eigenvalue weighted by Crippen LogP contribution is 2.31. The van der Waals surface area contributed by atoms with E-state index in [0.29, 0.717) is 26.1 Å². The Balaban J connectivity index is 1.68. The van der Waals surface area contributed by atoms with Crippen molar-refractivity contribution in [3.05, 3.63) is 97.3 Å². The van der Waals surface area contributed by atoms with E-state index in [-0.39, 0.29) is 47.1 Å². The molecule has 2 N–H and O–H groups in total. The first-order valence-electron chi connectivity index (χ1n) is 11.8. The van der Waals surface area contributed by atoms with Crippen LogP contribution in [0.5, 0.6) is 0 Å². The van der Waals surface area contributed by atoms with Gasteiger partial charge in [-0.1, -0.05) is 33.5 Å². The molecule has 0 radical (unpaired) electrons. The molecule has 0 spiro atoms. The van der Waals surface area contributed by atoms with Crippen LogP contribution in [0, 0.1) is 28.3 Å². The molecule has 15 heteroatoms. The number of benzene rings is 3. The largest absolute Gasteiger partial charge is 0.355 e. The minimum absolute atomic E-state index is 0.00391. The average molecular weight is 684 g/mol. The summed E-state index contributed by atoms with van der Waals surface area (Å²) < 4.78 is 71.2. The van der Waals surface area contributed by atoms with Crippen LogP contribution in [0.25, 0.3) is 10.9 Å². The third-order valence-electron chi connectivity index (χ3n) is 6.10. The van der Waals surface area contributed by atoms with E-state index in [1.165, 1.54) is 30.3 Å². The molecule has 0 atom stereocenters. The summed E-state index contributed by atoms with van der Waals surface area (Å²) >= 11 is 9.11. The molecule has 0 fully saturated rings. The van der Waals surface area contributed by atoms with E-state index in [1.54, 1.807) is 6.07 Å². The molecule has 0 amide bonds. The third kappa shape index (κ3) is 6.78. The summed E-state index contributed by atoms with van der Waals surface area (Å²) in [4.78, 5) is 13.0. The van der Waals surface area contributed by atoms with Crippen LogP contribution in [-0.4, -0.2) is 44.1 Å². The SMILES string of the molecule is C#CCN(Cc1[nH]c2c(F)cc(Br)cc2c1CCNS(=O)(=O)c1ccc(Cl)cc1)S(=O)(=O)c1ccc([N+](=O)[O-])cc1. The summed E-state index contributed by atoms with van der Waals surface area (Å²) in [5.74, 6) is 1.69. The van der Waals surface area contributed by atoms with Gasteiger partial charge in [-0.25, -0.2) is 25.9 Å². The summed E-state index contributed by atoms with van der Waals surface area (Å²) in [6.07, 6.45) is 5.53. The van der Waals surface area contributed by atoms with Gasteiger partial charge >= 0.3 is 0 Å². The average Bonchev–Trinajstić information content (AvgIpc) is 3.26. The van der Waals surface area contributed by atoms with Gasteiger partial charge < -0.3 is 4.98 Å². The van der Waals surface area contributed by atoms with Crippen molar-refractivity contribution in [2.75, 3.05) is 13.1 Å². The minimum Gasteiger partial charge on any atom is -0.355 e. The molecule has 0 aliphatic rings. The number of terminal acetylenes is 1. The lowest BCUT2D eigenvalue weighted by atomic mass is 10.1. The Morgan fingerprint density at radius 2 is 1.71 bits per heavy atom. The highest BCUT2D eigenvalue weighted by atomic mass is 79.9. The molecule has 0 saturated heterocycles. The van der Waals surface area contributed by atoms with Crippen LogP contribution in [0.3, 0.4) is 0 Å². The number of aromatic amines is 1. The smallest absolute Gasteiger partial charge is 0.269 e. The normalized spacial score (nSPS) is 12.1. The van der Waals surface area contributed by atoms with Crippen molar-refractivity contribution in [2.24, 2.45) is 0 Å². The number of H-pyrrole nitrogens is 1. The quantitative estimate of drug-likeness (QED) is 0.130. The molecular weight excluding hydrogens is 663 g/mol. The van der Waals surface area contributed by atoms with Gasteiger partial charge in [0.25, 0.3) is 5.69 Å². The number of nitrogens with zero attached hydrogens (tertiary/aromatic N) is 2. The van der Waals surface area contributed by atoms with Crippen LogP contribution in [0.2, 0.25) is 5.02 Å². The fraction of sp³-hybridized carbons (Fsp3) is 0.154. The first kappa shape index (κ1) is 30.6. The Hall–Kier alpha value is -3.32. The molecule has 10 nitrogen and oxygen atoms in total. The second kappa shape index (κ2) is 12.3. The molecule has 1 heterocycles. The Bertz CT molecular complexity index is 1870. The molecule has 0 saturated carbocycles. The lowest BCUT2D eigenvalue weighted by Crippen LogP contribution is -2.32. The second-order valence-corrected chi connectivity index (χ2v) is 13.8. The molecule has 4 aromatic rings. The van der Waals surface area contributed by atoms with Gasteiger partial charge in [-0.2, -0.15) is 4.31 Å². The highest BCUT2D eigenvalue weighted by molar-refractivity contribution is 9.10. The molecule has 0 aliphatic heterocycles. The number of fused-ring (bicyclic) bond motifs is 1. The Morgan fingerprint density at radius 3 is 2.32 bits per heavy atom. The lowest BCUT2D eigenvalue weighted by molar-refractivity contribution is -0.384. The van der Waals surface area contributed by atoms with E-state index >= 15 is 0 Å². The van der Waals surface area contributed by atoms with Crippen molar-refractivity contribution in [3.63, 3.8) is 0 Å². The molecule has 0 aliphatic carbocycles. The number of nitro benzene ring substituents is 1. The molecular formula is C26H21BrClFN4O6S2. The summed E-state index contributed by atoms with van der Waals surface area (Å²) in [5, 5.41) is 11.8. The van der Waals surface area contributed by atoms with Gasteiger partial charge in [0.15, 0.2) is 0 Å². The summed E-state index contributed by atoms with van der Waals surface area (Å²) in [6.45, 7) is -0.763. The number of sulfonamides is 2. The summed E-state index contributed by atoms with van der Waals surface area (Å²) in [5.41, 5.74) is 0.586. The van der Waals surface area contributed by atoms with Gasteiger partial charge in [0.1, 0.15) is 5.82 Å². The Morgan fingerprint density at radius 1 is 1.07 bits per heavy atom. The van der Waals surface area contributed by atoms with E-state index in [0.717, 1.165) is 28.6 Å². The van der Waals surface area contributed by atoms with Crippen LogP contribution in [0.4, 0.5) is 10.1 Å². The number of halogens is 3. The first-order chi connectivity index (χ1) is 19.3. The number of non-ortho nitro benzene ring substituents is 1. The second-order valence-electron chi connectivity index (χ2n) is 8.72. The van der Waals surface area contributed by atoms with Crippen molar-refractivity contribution in [1.29, 1.82) is 0 Å². The predicted octanol–water partition coefficient (Wildman–Crippen LogP) is 4.98. The standard InChI is InChI=1S/C26H21BrClFN4O6S2/c1-2-13-32(41(38,39)21-9-5-19(6-10-21)33(34)35)16-25-22(23-14-17(27)15-24(29)26(23)31-25)11-12-30-40(36,37)20-7-3-18(28)4-8-20/h1,3-10,14-15,30-31H,11-13,16H2. The fourth-order valence-electron chi connectivity index (χ4n) is 4.15. The maximum absolute atomic E-state index is 14.9.